The molecule has 6 heteroatoms. The highest BCUT2D eigenvalue weighted by molar-refractivity contribution is 5.99. The maximum absolute atomic E-state index is 12.8. The summed E-state index contributed by atoms with van der Waals surface area (Å²) in [5.74, 6) is -0.0774. The fraction of sp³-hybridized carbons (Fsp3) is 0.167. The van der Waals surface area contributed by atoms with Gasteiger partial charge in [-0.3, -0.25) is 9.69 Å². The molecule has 6 nitrogen and oxygen atoms in total. The lowest BCUT2D eigenvalue weighted by atomic mass is 10.1. The first-order chi connectivity index (χ1) is 14.5. The van der Waals surface area contributed by atoms with Crippen LogP contribution >= 0.6 is 0 Å². The van der Waals surface area contributed by atoms with Crippen LogP contribution in [0.5, 0.6) is 0 Å². The second-order valence-electron chi connectivity index (χ2n) is 7.14. The zero-order chi connectivity index (χ0) is 21.3. The van der Waals surface area contributed by atoms with Gasteiger partial charge in [0.2, 0.25) is 5.91 Å². The number of amides is 3. The quantitative estimate of drug-likeness (QED) is 0.553. The summed E-state index contributed by atoms with van der Waals surface area (Å²) in [5, 5.41) is 8.58. The van der Waals surface area contributed by atoms with Gasteiger partial charge in [0.25, 0.3) is 0 Å². The molecule has 0 spiro atoms. The van der Waals surface area contributed by atoms with E-state index in [9.17, 15) is 9.59 Å². The summed E-state index contributed by atoms with van der Waals surface area (Å²) in [6, 6.07) is 25.6. The molecular formula is C24H26N4O2. The molecule has 3 aromatic carbocycles. The standard InChI is InChI=1S/C24H26N4O2/c1-28(2)22(19-11-5-3-6-12-19)23(29)25-17-18-10-9-15-21(16-18)27-24(30)26-20-13-7-4-8-14-20/h3-16,22H,17H2,1-2H3,(H,25,29)(H2,26,27,30). The van der Waals surface area contributed by atoms with Crippen LogP contribution in [0.15, 0.2) is 84.9 Å². The molecule has 0 saturated carbocycles. The summed E-state index contributed by atoms with van der Waals surface area (Å²) in [6.45, 7) is 0.367. The van der Waals surface area contributed by atoms with Crippen LogP contribution in [0.25, 0.3) is 0 Å². The van der Waals surface area contributed by atoms with Crippen LogP contribution < -0.4 is 16.0 Å². The second kappa shape index (κ2) is 10.2. The second-order valence-corrected chi connectivity index (χ2v) is 7.14. The third kappa shape index (κ3) is 5.93. The zero-order valence-electron chi connectivity index (χ0n) is 17.1. The predicted octanol–water partition coefficient (Wildman–Crippen LogP) is 4.25. The Hall–Kier alpha value is -3.64. The predicted molar refractivity (Wildman–Crippen MR) is 120 cm³/mol. The van der Waals surface area contributed by atoms with Crippen molar-refractivity contribution < 1.29 is 9.59 Å². The highest BCUT2D eigenvalue weighted by Crippen LogP contribution is 2.18. The topological polar surface area (TPSA) is 73.5 Å². The molecule has 3 aromatic rings. The number of nitrogens with one attached hydrogen (secondary N) is 3. The summed E-state index contributed by atoms with van der Waals surface area (Å²) in [6.07, 6.45) is 0. The lowest BCUT2D eigenvalue weighted by Gasteiger charge is -2.24. The number of likely N-dealkylation sites (N-methyl/N-ethyl adjacent to an activating group) is 1. The van der Waals surface area contributed by atoms with Crippen molar-refractivity contribution in [2.24, 2.45) is 0 Å². The van der Waals surface area contributed by atoms with Gasteiger partial charge in [0.05, 0.1) is 0 Å². The molecule has 0 bridgehead atoms. The Kier molecular flexibility index (Phi) is 7.19. The number of carbonyl (C=O) groups is 2. The minimum Gasteiger partial charge on any atom is -0.350 e. The van der Waals surface area contributed by atoms with Crippen LogP contribution in [0.3, 0.4) is 0 Å². The summed E-state index contributed by atoms with van der Waals surface area (Å²) in [4.78, 5) is 26.9. The van der Waals surface area contributed by atoms with E-state index in [-0.39, 0.29) is 18.0 Å². The molecule has 3 N–H and O–H groups in total. The van der Waals surface area contributed by atoms with Crippen molar-refractivity contribution in [1.29, 1.82) is 0 Å². The van der Waals surface area contributed by atoms with Gasteiger partial charge < -0.3 is 16.0 Å². The largest absolute Gasteiger partial charge is 0.350 e. The van der Waals surface area contributed by atoms with Gasteiger partial charge >= 0.3 is 6.03 Å². The van der Waals surface area contributed by atoms with Gasteiger partial charge in [0.1, 0.15) is 6.04 Å². The smallest absolute Gasteiger partial charge is 0.323 e. The van der Waals surface area contributed by atoms with E-state index in [0.717, 1.165) is 11.1 Å². The highest BCUT2D eigenvalue weighted by Gasteiger charge is 2.22. The molecule has 30 heavy (non-hydrogen) atoms. The first kappa shape index (κ1) is 21.1. The fourth-order valence-electron chi connectivity index (χ4n) is 3.18. The van der Waals surface area contributed by atoms with E-state index < -0.39 is 0 Å². The minimum atomic E-state index is -0.371. The van der Waals surface area contributed by atoms with Gasteiger partial charge in [-0.25, -0.2) is 4.79 Å². The molecule has 0 saturated heterocycles. The van der Waals surface area contributed by atoms with Crippen molar-refractivity contribution in [3.8, 4) is 0 Å². The van der Waals surface area contributed by atoms with Crippen molar-refractivity contribution in [2.75, 3.05) is 24.7 Å². The molecule has 0 aliphatic rings. The molecule has 154 valence electrons. The van der Waals surface area contributed by atoms with Crippen molar-refractivity contribution in [1.82, 2.24) is 10.2 Å². The van der Waals surface area contributed by atoms with Gasteiger partial charge in [-0.2, -0.15) is 0 Å². The van der Waals surface area contributed by atoms with Crippen molar-refractivity contribution in [2.45, 2.75) is 12.6 Å². The van der Waals surface area contributed by atoms with E-state index in [1.54, 1.807) is 0 Å². The average molecular weight is 402 g/mol. The Bertz CT molecular complexity index is 975. The van der Waals surface area contributed by atoms with E-state index in [2.05, 4.69) is 16.0 Å². The maximum Gasteiger partial charge on any atom is 0.323 e. The number of para-hydroxylation sites is 1. The number of benzene rings is 3. The molecule has 3 rings (SSSR count). The third-order valence-corrected chi connectivity index (χ3v) is 4.56. The van der Waals surface area contributed by atoms with Crippen LogP contribution in [0.2, 0.25) is 0 Å². The highest BCUT2D eigenvalue weighted by atomic mass is 16.2. The van der Waals surface area contributed by atoms with Gasteiger partial charge in [-0.05, 0) is 49.5 Å². The summed E-state index contributed by atoms with van der Waals surface area (Å²) < 4.78 is 0. The molecular weight excluding hydrogens is 376 g/mol. The van der Waals surface area contributed by atoms with Crippen LogP contribution in [0, 0.1) is 0 Å². The molecule has 0 aliphatic heterocycles. The lowest BCUT2D eigenvalue weighted by Crippen LogP contribution is -2.36. The van der Waals surface area contributed by atoms with E-state index in [1.807, 2.05) is 104 Å². The number of hydrogen-bond acceptors (Lipinski definition) is 3. The van der Waals surface area contributed by atoms with Gasteiger partial charge in [0, 0.05) is 17.9 Å². The Morgan fingerprint density at radius 2 is 1.40 bits per heavy atom. The number of carbonyl (C=O) groups excluding carboxylic acids is 2. The molecule has 0 aliphatic carbocycles. The first-order valence-corrected chi connectivity index (χ1v) is 9.74. The molecule has 0 radical (unpaired) electrons. The Balaban J connectivity index is 1.59. The summed E-state index contributed by atoms with van der Waals surface area (Å²) >= 11 is 0. The molecule has 1 unspecified atom stereocenters. The first-order valence-electron chi connectivity index (χ1n) is 9.74. The summed E-state index contributed by atoms with van der Waals surface area (Å²) in [7, 11) is 3.76. The zero-order valence-corrected chi connectivity index (χ0v) is 17.1. The third-order valence-electron chi connectivity index (χ3n) is 4.56. The number of hydrogen-bond donors (Lipinski definition) is 3. The molecule has 0 aromatic heterocycles. The van der Waals surface area contributed by atoms with E-state index in [4.69, 9.17) is 0 Å². The van der Waals surface area contributed by atoms with E-state index >= 15 is 0 Å². The molecule has 0 heterocycles. The van der Waals surface area contributed by atoms with Crippen molar-refractivity contribution >= 4 is 23.3 Å². The SMILES string of the molecule is CN(C)C(C(=O)NCc1cccc(NC(=O)Nc2ccccc2)c1)c1ccccc1. The lowest BCUT2D eigenvalue weighted by molar-refractivity contribution is -0.125. The van der Waals surface area contributed by atoms with Crippen LogP contribution in [-0.2, 0) is 11.3 Å². The number of nitrogens with zero attached hydrogens (tertiary/aromatic N) is 1. The monoisotopic (exact) mass is 402 g/mol. The number of rotatable bonds is 7. The van der Waals surface area contributed by atoms with Gasteiger partial charge in [-0.1, -0.05) is 60.7 Å². The average Bonchev–Trinajstić information content (AvgIpc) is 2.74. The molecule has 0 fully saturated rings. The van der Waals surface area contributed by atoms with Gasteiger partial charge in [0.15, 0.2) is 0 Å². The maximum atomic E-state index is 12.8. The normalized spacial score (nSPS) is 11.6. The summed E-state index contributed by atoms with van der Waals surface area (Å²) in [5.41, 5.74) is 3.20. The molecule has 1 atom stereocenters. The minimum absolute atomic E-state index is 0.0774. The Morgan fingerprint density at radius 1 is 0.800 bits per heavy atom. The Morgan fingerprint density at radius 3 is 2.07 bits per heavy atom. The van der Waals surface area contributed by atoms with Crippen LogP contribution in [0.1, 0.15) is 17.2 Å². The number of anilines is 2. The fourth-order valence-corrected chi connectivity index (χ4v) is 3.18. The van der Waals surface area contributed by atoms with Crippen LogP contribution in [-0.4, -0.2) is 30.9 Å². The molecule has 3 amide bonds. The number of urea groups is 1. The van der Waals surface area contributed by atoms with E-state index in [1.165, 1.54) is 0 Å². The van der Waals surface area contributed by atoms with Crippen molar-refractivity contribution in [3.63, 3.8) is 0 Å². The Labute approximate surface area is 176 Å². The van der Waals surface area contributed by atoms with Crippen LogP contribution in [0.4, 0.5) is 16.2 Å². The van der Waals surface area contributed by atoms with Crippen molar-refractivity contribution in [3.05, 3.63) is 96.1 Å². The van der Waals surface area contributed by atoms with Gasteiger partial charge in [-0.15, -0.1) is 0 Å². The van der Waals surface area contributed by atoms with E-state index in [0.29, 0.717) is 17.9 Å².